The van der Waals surface area contributed by atoms with E-state index < -0.39 is 12.0 Å². The third kappa shape index (κ3) is 6.14. The van der Waals surface area contributed by atoms with Crippen LogP contribution in [-0.4, -0.2) is 97.8 Å². The summed E-state index contributed by atoms with van der Waals surface area (Å²) in [6.07, 6.45) is 4.96. The van der Waals surface area contributed by atoms with Gasteiger partial charge in [0.1, 0.15) is 12.4 Å². The summed E-state index contributed by atoms with van der Waals surface area (Å²) in [5.41, 5.74) is 1.84. The number of amides is 2. The Labute approximate surface area is 228 Å². The summed E-state index contributed by atoms with van der Waals surface area (Å²) < 4.78 is 6.94. The molecule has 13 heteroatoms. The molecule has 202 valence electrons. The maximum atomic E-state index is 13.5. The first kappa shape index (κ1) is 26.5. The second kappa shape index (κ2) is 11.7. The average molecular weight is 552 g/mol. The highest BCUT2D eigenvalue weighted by atomic mass is 35.5. The number of carboxylic acid groups (broad SMARTS) is 1. The van der Waals surface area contributed by atoms with Crippen LogP contribution in [0.5, 0.6) is 0 Å². The third-order valence-electron chi connectivity index (χ3n) is 6.82. The maximum absolute atomic E-state index is 13.5. The number of carbonyl (C=O) groups excluding carboxylic acids is 2. The van der Waals surface area contributed by atoms with Crippen molar-refractivity contribution in [3.63, 3.8) is 0 Å². The van der Waals surface area contributed by atoms with Gasteiger partial charge in [-0.05, 0) is 65.4 Å². The molecular weight excluding hydrogens is 526 g/mol. The molecule has 2 atom stereocenters. The van der Waals surface area contributed by atoms with Crippen LogP contribution in [-0.2, 0) is 14.3 Å². The van der Waals surface area contributed by atoms with Gasteiger partial charge in [0.25, 0.3) is 0 Å². The van der Waals surface area contributed by atoms with E-state index in [0.29, 0.717) is 48.1 Å². The third-order valence-corrected chi connectivity index (χ3v) is 7.05. The molecule has 3 heterocycles. The number of aromatic carboxylic acids is 1. The van der Waals surface area contributed by atoms with Gasteiger partial charge in [0.05, 0.1) is 24.5 Å². The molecule has 2 fully saturated rings. The summed E-state index contributed by atoms with van der Waals surface area (Å²) in [5, 5.41) is 23.7. The number of benzene rings is 2. The highest BCUT2D eigenvalue weighted by Gasteiger charge is 2.41. The van der Waals surface area contributed by atoms with Gasteiger partial charge in [-0.2, -0.15) is 4.68 Å². The normalized spacial score (nSPS) is 19.9. The van der Waals surface area contributed by atoms with E-state index in [1.165, 1.54) is 41.4 Å². The number of nitrogens with one attached hydrogen (secondary N) is 1. The van der Waals surface area contributed by atoms with Crippen LogP contribution < -0.4 is 5.32 Å². The average Bonchev–Trinajstić information content (AvgIpc) is 3.64. The molecule has 1 aromatic heterocycles. The number of ether oxygens (including phenoxy) is 1. The van der Waals surface area contributed by atoms with Gasteiger partial charge in [0.15, 0.2) is 0 Å². The molecular formula is C26H26ClN7O5. The van der Waals surface area contributed by atoms with E-state index in [1.807, 2.05) is 0 Å². The number of hydrogen-bond donors (Lipinski definition) is 2. The number of carboxylic acids is 1. The first-order chi connectivity index (χ1) is 18.9. The van der Waals surface area contributed by atoms with Gasteiger partial charge in [-0.1, -0.05) is 11.6 Å². The fourth-order valence-corrected chi connectivity index (χ4v) is 5.01. The standard InChI is InChI=1S/C26H26ClN7O5/c27-19-4-7-22(34-16-28-30-31-34)18(13-19)3-8-24(35)33-15-21(32-9-11-39-12-10-32)14-23(33)25(36)29-20-5-1-17(2-6-20)26(37)38/h1-8,13,16,21,23H,9-12,14-15H2,(H,29,36)(H,37,38)/b8-3+. The molecule has 0 bridgehead atoms. The van der Waals surface area contributed by atoms with Crippen LogP contribution in [0.25, 0.3) is 11.8 Å². The van der Waals surface area contributed by atoms with Crippen LogP contribution in [0.15, 0.2) is 54.9 Å². The number of hydrogen-bond acceptors (Lipinski definition) is 8. The van der Waals surface area contributed by atoms with Gasteiger partial charge in [-0.25, -0.2) is 4.79 Å². The molecule has 2 aromatic carbocycles. The van der Waals surface area contributed by atoms with Crippen LogP contribution in [0.1, 0.15) is 22.3 Å². The Morgan fingerprint density at radius 3 is 2.56 bits per heavy atom. The number of aromatic nitrogens is 4. The number of halogens is 1. The topological polar surface area (TPSA) is 143 Å². The van der Waals surface area contributed by atoms with E-state index in [9.17, 15) is 14.4 Å². The molecule has 39 heavy (non-hydrogen) atoms. The number of likely N-dealkylation sites (tertiary alicyclic amines) is 1. The molecule has 0 radical (unpaired) electrons. The summed E-state index contributed by atoms with van der Waals surface area (Å²) in [5.74, 6) is -1.72. The highest BCUT2D eigenvalue weighted by Crippen LogP contribution is 2.26. The van der Waals surface area contributed by atoms with Crippen molar-refractivity contribution in [2.45, 2.75) is 18.5 Å². The Bertz CT molecular complexity index is 1370. The molecule has 2 amide bonds. The second-order valence-electron chi connectivity index (χ2n) is 9.21. The van der Waals surface area contributed by atoms with Gasteiger partial charge >= 0.3 is 5.97 Å². The van der Waals surface area contributed by atoms with E-state index in [2.05, 4.69) is 25.7 Å². The van der Waals surface area contributed by atoms with Gasteiger partial charge in [0.2, 0.25) is 11.8 Å². The Kier molecular flexibility index (Phi) is 7.96. The second-order valence-corrected chi connectivity index (χ2v) is 9.64. The molecule has 12 nitrogen and oxygen atoms in total. The maximum Gasteiger partial charge on any atom is 0.335 e. The van der Waals surface area contributed by atoms with Gasteiger partial charge in [-0.15, -0.1) is 5.10 Å². The van der Waals surface area contributed by atoms with Crippen molar-refractivity contribution in [2.24, 2.45) is 0 Å². The van der Waals surface area contributed by atoms with Crippen LogP contribution in [0.3, 0.4) is 0 Å². The van der Waals surface area contributed by atoms with Crippen molar-refractivity contribution in [1.29, 1.82) is 0 Å². The number of anilines is 1. The zero-order chi connectivity index (χ0) is 27.4. The van der Waals surface area contributed by atoms with Crippen molar-refractivity contribution in [2.75, 3.05) is 38.2 Å². The molecule has 0 spiro atoms. The number of tetrazole rings is 1. The quantitative estimate of drug-likeness (QED) is 0.421. The molecule has 0 aliphatic carbocycles. The van der Waals surface area contributed by atoms with Crippen molar-refractivity contribution < 1.29 is 24.2 Å². The van der Waals surface area contributed by atoms with Crippen LogP contribution in [0.4, 0.5) is 5.69 Å². The Balaban J connectivity index is 1.37. The van der Waals surface area contributed by atoms with E-state index >= 15 is 0 Å². The lowest BCUT2D eigenvalue weighted by Crippen LogP contribution is -2.45. The van der Waals surface area contributed by atoms with Crippen molar-refractivity contribution >= 4 is 41.1 Å². The lowest BCUT2D eigenvalue weighted by atomic mass is 10.1. The van der Waals surface area contributed by atoms with Gasteiger partial charge in [0, 0.05) is 48.0 Å². The smallest absolute Gasteiger partial charge is 0.335 e. The Morgan fingerprint density at radius 2 is 1.87 bits per heavy atom. The van der Waals surface area contributed by atoms with Gasteiger partial charge in [-0.3, -0.25) is 14.5 Å². The van der Waals surface area contributed by atoms with E-state index in [-0.39, 0.29) is 23.4 Å². The molecule has 2 aliphatic heterocycles. The fraction of sp³-hybridized carbons (Fsp3) is 0.308. The lowest BCUT2D eigenvalue weighted by Gasteiger charge is -2.31. The molecule has 2 unspecified atom stereocenters. The molecule has 0 saturated carbocycles. The largest absolute Gasteiger partial charge is 0.478 e. The highest BCUT2D eigenvalue weighted by molar-refractivity contribution is 6.30. The Hall–Kier alpha value is -4.13. The summed E-state index contributed by atoms with van der Waals surface area (Å²) in [6, 6.07) is 10.3. The minimum atomic E-state index is -1.05. The number of rotatable bonds is 7. The molecule has 2 aliphatic rings. The van der Waals surface area contributed by atoms with Crippen molar-refractivity contribution in [1.82, 2.24) is 30.0 Å². The summed E-state index contributed by atoms with van der Waals surface area (Å²) in [6.45, 7) is 3.04. The van der Waals surface area contributed by atoms with Crippen LogP contribution in [0.2, 0.25) is 5.02 Å². The number of carbonyl (C=O) groups is 3. The lowest BCUT2D eigenvalue weighted by molar-refractivity contribution is -0.132. The fourth-order valence-electron chi connectivity index (χ4n) is 4.83. The van der Waals surface area contributed by atoms with Crippen LogP contribution in [0, 0.1) is 0 Å². The number of nitrogens with zero attached hydrogens (tertiary/aromatic N) is 6. The van der Waals surface area contributed by atoms with Crippen LogP contribution >= 0.6 is 11.6 Å². The Morgan fingerprint density at radius 1 is 1.10 bits per heavy atom. The summed E-state index contributed by atoms with van der Waals surface area (Å²) in [4.78, 5) is 41.8. The van der Waals surface area contributed by atoms with E-state index in [4.69, 9.17) is 21.4 Å². The predicted octanol–water partition coefficient (Wildman–Crippen LogP) is 1.97. The minimum absolute atomic E-state index is 0.000611. The minimum Gasteiger partial charge on any atom is -0.478 e. The zero-order valence-corrected chi connectivity index (χ0v) is 21.6. The first-order valence-electron chi connectivity index (χ1n) is 12.4. The predicted molar refractivity (Wildman–Crippen MR) is 142 cm³/mol. The van der Waals surface area contributed by atoms with E-state index in [1.54, 1.807) is 29.2 Å². The molecule has 2 N–H and O–H groups in total. The summed E-state index contributed by atoms with van der Waals surface area (Å²) in [7, 11) is 0. The van der Waals surface area contributed by atoms with Crippen molar-refractivity contribution in [3.8, 4) is 5.69 Å². The molecule has 3 aromatic rings. The molecule has 5 rings (SSSR count). The summed E-state index contributed by atoms with van der Waals surface area (Å²) >= 11 is 6.20. The molecule has 2 saturated heterocycles. The zero-order valence-electron chi connectivity index (χ0n) is 20.8. The van der Waals surface area contributed by atoms with Crippen molar-refractivity contribution in [3.05, 3.63) is 71.0 Å². The SMILES string of the molecule is O=C(O)c1ccc(NC(=O)C2CC(N3CCOCC3)CN2C(=O)/C=C/c2cc(Cl)ccc2-n2cnnn2)cc1. The number of morpholine rings is 1. The van der Waals surface area contributed by atoms with E-state index in [0.717, 1.165) is 13.1 Å². The first-order valence-corrected chi connectivity index (χ1v) is 12.7. The van der Waals surface area contributed by atoms with Gasteiger partial charge < -0.3 is 20.1 Å². The monoisotopic (exact) mass is 551 g/mol.